The number of hydrogen-bond acceptors (Lipinski definition) is 5. The van der Waals surface area contributed by atoms with Crippen LogP contribution in [0.3, 0.4) is 0 Å². The van der Waals surface area contributed by atoms with Gasteiger partial charge in [-0.2, -0.15) is 5.10 Å². The minimum Gasteiger partial charge on any atom is -0.476 e. The van der Waals surface area contributed by atoms with Crippen molar-refractivity contribution >= 4 is 15.8 Å². The third-order valence-electron chi connectivity index (χ3n) is 4.50. The first kappa shape index (κ1) is 15.3. The number of carbonyl (C=O) groups is 1. The predicted octanol–water partition coefficient (Wildman–Crippen LogP) is 1.89. The molecule has 8 heteroatoms. The molecule has 1 N–H and O–H groups in total. The summed E-state index contributed by atoms with van der Waals surface area (Å²) in [5, 5.41) is 13.7. The molecule has 0 bridgehead atoms. The fourth-order valence-corrected chi connectivity index (χ4v) is 5.04. The monoisotopic (exact) mass is 348 g/mol. The van der Waals surface area contributed by atoms with Gasteiger partial charge in [0.2, 0.25) is 0 Å². The molecule has 2 aromatic rings. The summed E-state index contributed by atoms with van der Waals surface area (Å²) >= 11 is 0. The van der Waals surface area contributed by atoms with Crippen LogP contribution in [0.5, 0.6) is 0 Å². The highest BCUT2D eigenvalue weighted by Crippen LogP contribution is 2.41. The Bertz CT molecular complexity index is 926. The molecule has 2 aliphatic rings. The molecule has 0 amide bonds. The molecule has 1 saturated heterocycles. The van der Waals surface area contributed by atoms with Crippen molar-refractivity contribution in [1.82, 2.24) is 9.78 Å². The molecule has 126 valence electrons. The van der Waals surface area contributed by atoms with Crippen LogP contribution in [0.4, 0.5) is 0 Å². The van der Waals surface area contributed by atoms with Crippen molar-refractivity contribution in [3.63, 3.8) is 0 Å². The van der Waals surface area contributed by atoms with Gasteiger partial charge in [-0.15, -0.1) is 0 Å². The van der Waals surface area contributed by atoms with Crippen LogP contribution in [0.2, 0.25) is 0 Å². The molecule has 1 atom stereocenters. The van der Waals surface area contributed by atoms with Crippen molar-refractivity contribution in [2.45, 2.75) is 29.5 Å². The van der Waals surface area contributed by atoms with E-state index in [1.54, 1.807) is 28.9 Å². The van der Waals surface area contributed by atoms with E-state index in [4.69, 9.17) is 4.74 Å². The highest BCUT2D eigenvalue weighted by Gasteiger charge is 2.37. The number of nitrogens with zero attached hydrogens (tertiary/aromatic N) is 2. The zero-order valence-electron chi connectivity index (χ0n) is 12.8. The maximum Gasteiger partial charge on any atom is 0.356 e. The molecule has 0 aliphatic carbocycles. The van der Waals surface area contributed by atoms with Crippen molar-refractivity contribution < 1.29 is 23.1 Å². The third-order valence-corrected chi connectivity index (χ3v) is 6.20. The zero-order valence-corrected chi connectivity index (χ0v) is 13.6. The van der Waals surface area contributed by atoms with Crippen LogP contribution in [-0.2, 0) is 20.3 Å². The standard InChI is InChI=1S/C16H16N2O5S/c19-16(20)14-12-9-24(21,22)13-6-2-1-5-11(13)15(12)18(17-14)10-4-3-7-23-8-10/h1-2,5-6,10H,3-4,7-9H2,(H,19,20). The Morgan fingerprint density at radius 1 is 1.33 bits per heavy atom. The Morgan fingerprint density at radius 2 is 2.12 bits per heavy atom. The molecule has 24 heavy (non-hydrogen) atoms. The lowest BCUT2D eigenvalue weighted by Crippen LogP contribution is -2.24. The van der Waals surface area contributed by atoms with Gasteiger partial charge in [0.1, 0.15) is 0 Å². The summed E-state index contributed by atoms with van der Waals surface area (Å²) in [5.41, 5.74) is 1.19. The van der Waals surface area contributed by atoms with E-state index >= 15 is 0 Å². The number of aromatic nitrogens is 2. The molecular formula is C16H16N2O5S. The summed E-state index contributed by atoms with van der Waals surface area (Å²) < 4.78 is 32.2. The highest BCUT2D eigenvalue weighted by atomic mass is 32.2. The first-order valence-corrected chi connectivity index (χ1v) is 9.39. The van der Waals surface area contributed by atoms with Crippen molar-refractivity contribution in [3.05, 3.63) is 35.5 Å². The van der Waals surface area contributed by atoms with E-state index < -0.39 is 15.8 Å². The van der Waals surface area contributed by atoms with E-state index in [9.17, 15) is 18.3 Å². The molecule has 0 saturated carbocycles. The van der Waals surface area contributed by atoms with Gasteiger partial charge < -0.3 is 9.84 Å². The average molecular weight is 348 g/mol. The minimum absolute atomic E-state index is 0.0885. The smallest absolute Gasteiger partial charge is 0.356 e. The summed E-state index contributed by atoms with van der Waals surface area (Å²) in [4.78, 5) is 11.8. The Labute approximate surface area is 138 Å². The Morgan fingerprint density at radius 3 is 2.83 bits per heavy atom. The summed E-state index contributed by atoms with van der Waals surface area (Å²) in [6.45, 7) is 1.12. The summed E-state index contributed by atoms with van der Waals surface area (Å²) in [6, 6.07) is 6.60. The number of rotatable bonds is 2. The second-order valence-corrected chi connectivity index (χ2v) is 8.01. The summed E-state index contributed by atoms with van der Waals surface area (Å²) in [6.07, 6.45) is 1.68. The Balaban J connectivity index is 2.00. The molecule has 3 heterocycles. The van der Waals surface area contributed by atoms with Gasteiger partial charge in [-0.05, 0) is 18.9 Å². The van der Waals surface area contributed by atoms with E-state index in [1.165, 1.54) is 0 Å². The van der Waals surface area contributed by atoms with Crippen LogP contribution in [0.1, 0.15) is 34.9 Å². The van der Waals surface area contributed by atoms with Gasteiger partial charge in [-0.1, -0.05) is 18.2 Å². The Kier molecular flexibility index (Phi) is 3.47. The number of sulfone groups is 1. The van der Waals surface area contributed by atoms with E-state index in [0.29, 0.717) is 24.5 Å². The number of hydrogen-bond donors (Lipinski definition) is 1. The molecule has 7 nitrogen and oxygen atoms in total. The van der Waals surface area contributed by atoms with Crippen LogP contribution in [-0.4, -0.2) is 42.5 Å². The lowest BCUT2D eigenvalue weighted by Gasteiger charge is -2.26. The van der Waals surface area contributed by atoms with Crippen LogP contribution in [0, 0.1) is 0 Å². The molecule has 4 rings (SSSR count). The molecule has 0 radical (unpaired) electrons. The third kappa shape index (κ3) is 2.25. The van der Waals surface area contributed by atoms with Crippen LogP contribution < -0.4 is 0 Å². The molecule has 1 fully saturated rings. The molecule has 2 aliphatic heterocycles. The molecule has 0 spiro atoms. The first-order valence-electron chi connectivity index (χ1n) is 7.73. The zero-order chi connectivity index (χ0) is 16.9. The van der Waals surface area contributed by atoms with Crippen molar-refractivity contribution in [2.24, 2.45) is 0 Å². The predicted molar refractivity (Wildman–Crippen MR) is 84.6 cm³/mol. The van der Waals surface area contributed by atoms with Crippen molar-refractivity contribution in [2.75, 3.05) is 13.2 Å². The second kappa shape index (κ2) is 5.42. The fraction of sp³-hybridized carbons (Fsp3) is 0.375. The lowest BCUT2D eigenvalue weighted by atomic mass is 10.0. The van der Waals surface area contributed by atoms with Gasteiger partial charge in [-0.25, -0.2) is 13.2 Å². The van der Waals surface area contributed by atoms with Gasteiger partial charge in [0.25, 0.3) is 0 Å². The maximum absolute atomic E-state index is 12.5. The topological polar surface area (TPSA) is 98.5 Å². The summed E-state index contributed by atoms with van der Waals surface area (Å²) in [5.74, 6) is -1.55. The second-order valence-electron chi connectivity index (χ2n) is 6.05. The number of aromatic carboxylic acids is 1. The minimum atomic E-state index is -3.58. The van der Waals surface area contributed by atoms with E-state index in [-0.39, 0.29) is 27.9 Å². The van der Waals surface area contributed by atoms with Gasteiger partial charge in [-0.3, -0.25) is 4.68 Å². The number of carboxylic acids is 1. The number of ether oxygens (including phenoxy) is 1. The number of carboxylic acid groups (broad SMARTS) is 1. The molecule has 1 aromatic heterocycles. The highest BCUT2D eigenvalue weighted by molar-refractivity contribution is 7.90. The maximum atomic E-state index is 12.5. The molecular weight excluding hydrogens is 332 g/mol. The van der Waals surface area contributed by atoms with E-state index in [0.717, 1.165) is 12.8 Å². The average Bonchev–Trinajstić information content (AvgIpc) is 2.95. The lowest BCUT2D eigenvalue weighted by molar-refractivity contribution is 0.0545. The van der Waals surface area contributed by atoms with Gasteiger partial charge in [0.05, 0.1) is 29.0 Å². The van der Waals surface area contributed by atoms with Crippen LogP contribution in [0.15, 0.2) is 29.2 Å². The van der Waals surface area contributed by atoms with Crippen LogP contribution in [0.25, 0.3) is 11.3 Å². The molecule has 1 aromatic carbocycles. The summed E-state index contributed by atoms with van der Waals surface area (Å²) in [7, 11) is -3.58. The van der Waals surface area contributed by atoms with Gasteiger partial charge in [0, 0.05) is 17.7 Å². The van der Waals surface area contributed by atoms with Gasteiger partial charge >= 0.3 is 5.97 Å². The SMILES string of the molecule is O=C(O)c1nn(C2CCCOC2)c2c1CS(=O)(=O)c1ccccc1-2. The largest absolute Gasteiger partial charge is 0.476 e. The first-order chi connectivity index (χ1) is 11.5. The van der Waals surface area contributed by atoms with Crippen molar-refractivity contribution in [1.29, 1.82) is 0 Å². The molecule has 1 unspecified atom stereocenters. The van der Waals surface area contributed by atoms with Crippen molar-refractivity contribution in [3.8, 4) is 11.3 Å². The normalized spacial score (nSPS) is 21.8. The van der Waals surface area contributed by atoms with Gasteiger partial charge in [0.15, 0.2) is 15.5 Å². The Hall–Kier alpha value is -2.19. The quantitative estimate of drug-likeness (QED) is 0.890. The van der Waals surface area contributed by atoms with Crippen LogP contribution >= 0.6 is 0 Å². The van der Waals surface area contributed by atoms with E-state index in [1.807, 2.05) is 0 Å². The number of benzene rings is 1. The fourth-order valence-electron chi connectivity index (χ4n) is 3.45. The van der Waals surface area contributed by atoms with E-state index in [2.05, 4.69) is 5.10 Å². The number of fused-ring (bicyclic) bond motifs is 3.